The van der Waals surface area contributed by atoms with Gasteiger partial charge in [0.1, 0.15) is 0 Å². The summed E-state index contributed by atoms with van der Waals surface area (Å²) in [4.78, 5) is 7.37. The maximum absolute atomic E-state index is 4.83. The van der Waals surface area contributed by atoms with Crippen molar-refractivity contribution in [3.63, 3.8) is 0 Å². The number of halogens is 1. The summed E-state index contributed by atoms with van der Waals surface area (Å²) in [6.45, 7) is 13.1. The molecule has 2 heterocycles. The molecule has 1 aromatic carbocycles. The molecule has 1 aromatic heterocycles. The van der Waals surface area contributed by atoms with Crippen molar-refractivity contribution >= 4 is 29.9 Å². The molecule has 6 nitrogen and oxygen atoms in total. The minimum Gasteiger partial charge on any atom is -0.357 e. The Morgan fingerprint density at radius 1 is 1.07 bits per heavy atom. The van der Waals surface area contributed by atoms with Gasteiger partial charge in [0.05, 0.1) is 18.8 Å². The first-order valence-electron chi connectivity index (χ1n) is 11.0. The Morgan fingerprint density at radius 2 is 1.80 bits per heavy atom. The highest BCUT2D eigenvalue weighted by molar-refractivity contribution is 14.0. The predicted octanol–water partition coefficient (Wildman–Crippen LogP) is 3.71. The highest BCUT2D eigenvalue weighted by atomic mass is 127. The molecule has 1 fully saturated rings. The van der Waals surface area contributed by atoms with E-state index in [1.807, 2.05) is 6.07 Å². The van der Waals surface area contributed by atoms with Crippen LogP contribution in [0.1, 0.15) is 48.7 Å². The van der Waals surface area contributed by atoms with Gasteiger partial charge in [-0.1, -0.05) is 36.8 Å². The van der Waals surface area contributed by atoms with E-state index in [1.54, 1.807) is 0 Å². The molecular weight excluding hydrogens is 487 g/mol. The van der Waals surface area contributed by atoms with E-state index in [-0.39, 0.29) is 24.0 Å². The van der Waals surface area contributed by atoms with Crippen molar-refractivity contribution in [1.29, 1.82) is 0 Å². The summed E-state index contributed by atoms with van der Waals surface area (Å²) in [5, 5.41) is 11.6. The number of rotatable bonds is 8. The van der Waals surface area contributed by atoms with Crippen LogP contribution < -0.4 is 10.6 Å². The maximum Gasteiger partial charge on any atom is 0.191 e. The summed E-state index contributed by atoms with van der Waals surface area (Å²) in [6.07, 6.45) is 4.05. The number of aryl methyl sites for hydroxylation is 1. The van der Waals surface area contributed by atoms with Crippen LogP contribution in [-0.4, -0.2) is 53.4 Å². The van der Waals surface area contributed by atoms with Gasteiger partial charge >= 0.3 is 0 Å². The van der Waals surface area contributed by atoms with E-state index < -0.39 is 0 Å². The summed E-state index contributed by atoms with van der Waals surface area (Å²) >= 11 is 0. The molecule has 0 spiro atoms. The lowest BCUT2D eigenvalue weighted by molar-refractivity contribution is 0.232. The van der Waals surface area contributed by atoms with E-state index >= 15 is 0 Å². The summed E-state index contributed by atoms with van der Waals surface area (Å²) in [7, 11) is 0. The molecule has 30 heavy (non-hydrogen) atoms. The lowest BCUT2D eigenvalue weighted by Crippen LogP contribution is -2.42. The molecular formula is C23H37IN6. The Morgan fingerprint density at radius 3 is 2.50 bits per heavy atom. The topological polar surface area (TPSA) is 57.5 Å². The van der Waals surface area contributed by atoms with Crippen LogP contribution in [0.3, 0.4) is 0 Å². The van der Waals surface area contributed by atoms with E-state index in [0.717, 1.165) is 37.8 Å². The summed E-state index contributed by atoms with van der Waals surface area (Å²) in [6, 6.07) is 10.5. The van der Waals surface area contributed by atoms with Crippen molar-refractivity contribution in [3.05, 3.63) is 52.8 Å². The van der Waals surface area contributed by atoms with Gasteiger partial charge in [0, 0.05) is 30.9 Å². The number of aliphatic imine (C=N–C) groups is 1. The fourth-order valence-electron chi connectivity index (χ4n) is 3.89. The Labute approximate surface area is 198 Å². The maximum atomic E-state index is 4.83. The first-order chi connectivity index (χ1) is 14.2. The number of benzene rings is 1. The zero-order valence-corrected chi connectivity index (χ0v) is 21.0. The zero-order valence-electron chi connectivity index (χ0n) is 18.7. The van der Waals surface area contributed by atoms with Gasteiger partial charge in [-0.15, -0.1) is 24.0 Å². The lowest BCUT2D eigenvalue weighted by atomic mass is 10.1. The molecule has 0 radical (unpaired) electrons. The minimum atomic E-state index is 0. The van der Waals surface area contributed by atoms with Crippen LogP contribution in [0.25, 0.3) is 0 Å². The molecule has 1 aliphatic rings. The number of hydrogen-bond donors (Lipinski definition) is 2. The second kappa shape index (κ2) is 12.9. The molecule has 0 bridgehead atoms. The van der Waals surface area contributed by atoms with Crippen molar-refractivity contribution in [2.45, 2.75) is 53.1 Å². The second-order valence-electron chi connectivity index (χ2n) is 7.82. The first-order valence-corrected chi connectivity index (χ1v) is 11.0. The number of nitrogens with one attached hydrogen (secondary N) is 2. The largest absolute Gasteiger partial charge is 0.357 e. The van der Waals surface area contributed by atoms with Crippen molar-refractivity contribution in [1.82, 2.24) is 25.3 Å². The third kappa shape index (κ3) is 7.27. The highest BCUT2D eigenvalue weighted by Gasteiger charge is 2.12. The molecule has 1 aliphatic heterocycles. The molecule has 0 atom stereocenters. The fraction of sp³-hybridized carbons (Fsp3) is 0.565. The molecule has 2 N–H and O–H groups in total. The van der Waals surface area contributed by atoms with Gasteiger partial charge in [0.15, 0.2) is 5.96 Å². The molecule has 7 heteroatoms. The first kappa shape index (κ1) is 24.7. The molecule has 0 saturated carbocycles. The van der Waals surface area contributed by atoms with Crippen LogP contribution in [-0.2, 0) is 13.1 Å². The zero-order chi connectivity index (χ0) is 20.5. The minimum absolute atomic E-state index is 0. The van der Waals surface area contributed by atoms with E-state index in [1.165, 1.54) is 49.2 Å². The van der Waals surface area contributed by atoms with E-state index in [4.69, 9.17) is 10.1 Å². The average Bonchev–Trinajstić information content (AvgIpc) is 3.00. The molecule has 166 valence electrons. The van der Waals surface area contributed by atoms with Crippen LogP contribution in [0.4, 0.5) is 0 Å². The smallest absolute Gasteiger partial charge is 0.191 e. The summed E-state index contributed by atoms with van der Waals surface area (Å²) in [5.74, 6) is 0.888. The predicted molar refractivity (Wildman–Crippen MR) is 136 cm³/mol. The number of likely N-dealkylation sites (tertiary alicyclic amines) is 1. The van der Waals surface area contributed by atoms with E-state index in [9.17, 15) is 0 Å². The van der Waals surface area contributed by atoms with Crippen LogP contribution in [0.2, 0.25) is 0 Å². The standard InChI is InChI=1S/C23H36N6.HI/c1-4-24-23(25-13-16-28-14-9-6-10-15-28)26-17-22-19(2)27-29(20(22)3)18-21-11-7-5-8-12-21;/h5,7-8,11-12H,4,6,9-10,13-18H2,1-3H3,(H2,24,25,26);1H. The molecule has 2 aromatic rings. The molecule has 0 aliphatic carbocycles. The lowest BCUT2D eigenvalue weighted by Gasteiger charge is -2.26. The number of aromatic nitrogens is 2. The van der Waals surface area contributed by atoms with Crippen LogP contribution in [0, 0.1) is 13.8 Å². The van der Waals surface area contributed by atoms with E-state index in [0.29, 0.717) is 6.54 Å². The highest BCUT2D eigenvalue weighted by Crippen LogP contribution is 2.16. The van der Waals surface area contributed by atoms with Crippen molar-refractivity contribution in [3.8, 4) is 0 Å². The molecule has 0 amide bonds. The Balaban J connectivity index is 0.00000320. The van der Waals surface area contributed by atoms with Crippen molar-refractivity contribution < 1.29 is 0 Å². The molecule has 3 rings (SSSR count). The second-order valence-corrected chi connectivity index (χ2v) is 7.82. The third-order valence-electron chi connectivity index (χ3n) is 5.62. The summed E-state index contributed by atoms with van der Waals surface area (Å²) in [5.41, 5.74) is 4.74. The Kier molecular flexibility index (Phi) is 10.6. The van der Waals surface area contributed by atoms with Gasteiger partial charge in [-0.25, -0.2) is 4.99 Å². The Bertz CT molecular complexity index is 780. The normalized spacial score (nSPS) is 15.0. The Hall–Kier alpha value is -1.61. The van der Waals surface area contributed by atoms with Gasteiger partial charge in [0.2, 0.25) is 0 Å². The van der Waals surface area contributed by atoms with Gasteiger partial charge < -0.3 is 15.5 Å². The quantitative estimate of drug-likeness (QED) is 0.314. The molecule has 1 saturated heterocycles. The monoisotopic (exact) mass is 524 g/mol. The third-order valence-corrected chi connectivity index (χ3v) is 5.62. The van der Waals surface area contributed by atoms with Gasteiger partial charge in [-0.05, 0) is 52.3 Å². The SMILES string of the molecule is CCNC(=NCc1c(C)nn(Cc2ccccc2)c1C)NCCN1CCCCC1.I. The van der Waals surface area contributed by atoms with Gasteiger partial charge in [0.25, 0.3) is 0 Å². The van der Waals surface area contributed by atoms with Crippen molar-refractivity contribution in [2.24, 2.45) is 4.99 Å². The number of piperidine rings is 1. The number of guanidine groups is 1. The van der Waals surface area contributed by atoms with Crippen molar-refractivity contribution in [2.75, 3.05) is 32.7 Å². The number of hydrogen-bond acceptors (Lipinski definition) is 3. The fourth-order valence-corrected chi connectivity index (χ4v) is 3.89. The average molecular weight is 524 g/mol. The van der Waals surface area contributed by atoms with Crippen LogP contribution in [0.15, 0.2) is 35.3 Å². The molecule has 0 unspecified atom stereocenters. The van der Waals surface area contributed by atoms with Gasteiger partial charge in [-0.2, -0.15) is 5.10 Å². The number of nitrogens with zero attached hydrogens (tertiary/aromatic N) is 4. The van der Waals surface area contributed by atoms with Gasteiger partial charge in [-0.3, -0.25) is 4.68 Å². The van der Waals surface area contributed by atoms with E-state index in [2.05, 4.69) is 65.3 Å². The van der Waals surface area contributed by atoms with Crippen LogP contribution in [0.5, 0.6) is 0 Å². The summed E-state index contributed by atoms with van der Waals surface area (Å²) < 4.78 is 2.09. The van der Waals surface area contributed by atoms with Crippen LogP contribution >= 0.6 is 24.0 Å².